The molecule has 4 rings (SSSR count). The third-order valence-corrected chi connectivity index (χ3v) is 8.55. The second-order valence-electron chi connectivity index (χ2n) is 12.7. The van der Waals surface area contributed by atoms with E-state index in [1.54, 1.807) is 26.0 Å². The molecule has 0 radical (unpaired) electrons. The fraction of sp³-hybridized carbons (Fsp3) is 0.441. The van der Waals surface area contributed by atoms with E-state index in [-0.39, 0.29) is 34.3 Å². The second-order valence-corrected chi connectivity index (χ2v) is 13.7. The van der Waals surface area contributed by atoms with Crippen molar-refractivity contribution < 1.29 is 28.8 Å². The van der Waals surface area contributed by atoms with E-state index in [4.69, 9.17) is 18.9 Å². The van der Waals surface area contributed by atoms with Gasteiger partial charge in [0.25, 0.3) is 5.56 Å². The summed E-state index contributed by atoms with van der Waals surface area (Å²) in [5, 5.41) is 11.2. The highest BCUT2D eigenvalue weighted by Crippen LogP contribution is 2.43. The third kappa shape index (κ3) is 6.00. The minimum absolute atomic E-state index is 0.162. The molecule has 44 heavy (non-hydrogen) atoms. The van der Waals surface area contributed by atoms with E-state index in [1.807, 2.05) is 59.8 Å². The first-order chi connectivity index (χ1) is 20.6. The number of methoxy groups -OCH3 is 3. The van der Waals surface area contributed by atoms with E-state index in [1.165, 1.54) is 37.2 Å². The van der Waals surface area contributed by atoms with Crippen molar-refractivity contribution in [3.8, 4) is 23.0 Å². The number of carbonyl (C=O) groups excluding carboxylic acids is 1. The molecule has 0 saturated heterocycles. The topological polar surface area (TPSA) is 109 Å². The minimum Gasteiger partial charge on any atom is -0.507 e. The Morgan fingerprint density at radius 3 is 1.98 bits per heavy atom. The molecule has 1 N–H and O–H groups in total. The molecular formula is C34H42N2O7S. The number of ether oxygens (including phenoxy) is 4. The first-order valence-electron chi connectivity index (χ1n) is 14.4. The normalized spacial score (nSPS) is 15.5. The van der Waals surface area contributed by atoms with Crippen LogP contribution in [0.5, 0.6) is 23.0 Å². The molecular weight excluding hydrogens is 580 g/mol. The van der Waals surface area contributed by atoms with Crippen LogP contribution < -0.4 is 29.1 Å². The number of aromatic hydroxyl groups is 1. The Balaban J connectivity index is 2.05. The zero-order chi connectivity index (χ0) is 32.7. The quantitative estimate of drug-likeness (QED) is 0.364. The van der Waals surface area contributed by atoms with E-state index in [9.17, 15) is 14.7 Å². The number of phenolic OH excluding ortho intramolecular Hbond substituents is 1. The molecule has 1 aromatic heterocycles. The largest absolute Gasteiger partial charge is 0.507 e. The van der Waals surface area contributed by atoms with Crippen molar-refractivity contribution in [3.63, 3.8) is 0 Å². The smallest absolute Gasteiger partial charge is 0.338 e. The second kappa shape index (κ2) is 12.1. The monoisotopic (exact) mass is 622 g/mol. The maximum atomic E-state index is 14.3. The van der Waals surface area contributed by atoms with E-state index in [0.29, 0.717) is 37.8 Å². The molecule has 10 heteroatoms. The van der Waals surface area contributed by atoms with E-state index in [0.717, 1.165) is 16.7 Å². The maximum absolute atomic E-state index is 14.3. The number of fused-ring (bicyclic) bond motifs is 1. The molecule has 0 spiro atoms. The lowest BCUT2D eigenvalue weighted by Crippen LogP contribution is -2.40. The molecule has 0 unspecified atom stereocenters. The highest BCUT2D eigenvalue weighted by molar-refractivity contribution is 7.07. The highest BCUT2D eigenvalue weighted by Gasteiger charge is 2.35. The van der Waals surface area contributed by atoms with Crippen LogP contribution in [-0.4, -0.2) is 43.6 Å². The summed E-state index contributed by atoms with van der Waals surface area (Å²) in [6.07, 6.45) is 1.82. The van der Waals surface area contributed by atoms with Crippen LogP contribution in [-0.2, 0) is 20.4 Å². The van der Waals surface area contributed by atoms with Gasteiger partial charge in [0.1, 0.15) is 5.75 Å². The fourth-order valence-electron chi connectivity index (χ4n) is 5.40. The number of benzene rings is 2. The molecule has 2 aromatic carbocycles. The van der Waals surface area contributed by atoms with Crippen molar-refractivity contribution in [2.75, 3.05) is 27.9 Å². The predicted molar refractivity (Wildman–Crippen MR) is 172 cm³/mol. The van der Waals surface area contributed by atoms with Gasteiger partial charge in [0.15, 0.2) is 16.3 Å². The number of esters is 1. The lowest BCUT2D eigenvalue weighted by molar-refractivity contribution is -0.139. The zero-order valence-corrected chi connectivity index (χ0v) is 28.2. The van der Waals surface area contributed by atoms with Crippen LogP contribution in [0.3, 0.4) is 0 Å². The van der Waals surface area contributed by atoms with E-state index >= 15 is 0 Å². The molecule has 1 atom stereocenters. The number of phenols is 1. The summed E-state index contributed by atoms with van der Waals surface area (Å²) < 4.78 is 24.1. The standard InChI is InChI=1S/C34H42N2O7S/c1-12-43-31(39)26-18(2)35-32-36(27(26)20-16-23(40-9)29(42-11)24(17-20)41-10)30(38)25(44-32)15-19-13-21(33(3,4)5)28(37)22(14-19)34(6,7)8/h13-17,27,37H,12H2,1-11H3/b25-15-/t27-/m1/s1. The van der Waals surface area contributed by atoms with Crippen molar-refractivity contribution in [1.29, 1.82) is 0 Å². The number of thiazole rings is 1. The third-order valence-electron chi connectivity index (χ3n) is 7.57. The van der Waals surface area contributed by atoms with Crippen molar-refractivity contribution in [1.82, 2.24) is 4.57 Å². The lowest BCUT2D eigenvalue weighted by Gasteiger charge is -2.27. The minimum atomic E-state index is -0.865. The van der Waals surface area contributed by atoms with Gasteiger partial charge in [-0.05, 0) is 66.1 Å². The van der Waals surface area contributed by atoms with Crippen molar-refractivity contribution in [2.24, 2.45) is 4.99 Å². The fourth-order valence-corrected chi connectivity index (χ4v) is 6.45. The molecule has 0 aliphatic carbocycles. The van der Waals surface area contributed by atoms with Gasteiger partial charge in [0.2, 0.25) is 5.75 Å². The van der Waals surface area contributed by atoms with Crippen LogP contribution >= 0.6 is 11.3 Å². The summed E-state index contributed by atoms with van der Waals surface area (Å²) in [5.41, 5.74) is 2.65. The van der Waals surface area contributed by atoms with Gasteiger partial charge in [-0.25, -0.2) is 9.79 Å². The predicted octanol–water partition coefficient (Wildman–Crippen LogP) is 5.12. The van der Waals surface area contributed by atoms with Gasteiger partial charge in [0, 0.05) is 11.1 Å². The Kier molecular flexibility index (Phi) is 9.07. The Morgan fingerprint density at radius 2 is 1.52 bits per heavy atom. The van der Waals surface area contributed by atoms with Gasteiger partial charge in [-0.3, -0.25) is 9.36 Å². The Morgan fingerprint density at radius 1 is 0.977 bits per heavy atom. The first-order valence-corrected chi connectivity index (χ1v) is 15.3. The molecule has 9 nitrogen and oxygen atoms in total. The SMILES string of the molecule is CCOC(=O)C1=C(C)N=c2s/c(=C\c3cc(C(C)(C)C)c(O)c(C(C)(C)C)c3)c(=O)n2[C@@H]1c1cc(OC)c(OC)c(OC)c1. The molecule has 0 amide bonds. The summed E-state index contributed by atoms with van der Waals surface area (Å²) in [6.45, 7) is 15.9. The summed E-state index contributed by atoms with van der Waals surface area (Å²) in [4.78, 5) is 32.8. The summed E-state index contributed by atoms with van der Waals surface area (Å²) >= 11 is 1.24. The van der Waals surface area contributed by atoms with Crippen LogP contribution in [0, 0.1) is 0 Å². The Bertz CT molecular complexity index is 1760. The average molecular weight is 623 g/mol. The number of nitrogens with zero attached hydrogens (tertiary/aromatic N) is 2. The molecule has 0 fully saturated rings. The number of rotatable bonds is 7. The molecule has 1 aliphatic rings. The number of allylic oxidation sites excluding steroid dienone is 1. The molecule has 3 aromatic rings. The molecule has 0 saturated carbocycles. The van der Waals surface area contributed by atoms with Crippen molar-refractivity contribution in [3.05, 3.63) is 77.5 Å². The van der Waals surface area contributed by atoms with Crippen LogP contribution in [0.4, 0.5) is 0 Å². The molecule has 2 heterocycles. The van der Waals surface area contributed by atoms with Gasteiger partial charge in [-0.2, -0.15) is 0 Å². The van der Waals surface area contributed by atoms with E-state index < -0.39 is 12.0 Å². The summed E-state index contributed by atoms with van der Waals surface area (Å²) in [7, 11) is 4.53. The van der Waals surface area contributed by atoms with Crippen LogP contribution in [0.2, 0.25) is 0 Å². The molecule has 1 aliphatic heterocycles. The maximum Gasteiger partial charge on any atom is 0.338 e. The Labute approximate surface area is 262 Å². The van der Waals surface area contributed by atoms with Crippen LogP contribution in [0.25, 0.3) is 6.08 Å². The molecule has 0 bridgehead atoms. The van der Waals surface area contributed by atoms with Gasteiger partial charge >= 0.3 is 5.97 Å². The van der Waals surface area contributed by atoms with Crippen LogP contribution in [0.1, 0.15) is 83.7 Å². The first kappa shape index (κ1) is 32.9. The van der Waals surface area contributed by atoms with Gasteiger partial charge in [-0.15, -0.1) is 0 Å². The average Bonchev–Trinajstić information content (AvgIpc) is 3.24. The number of aromatic nitrogens is 1. The Hall–Kier alpha value is -4.05. The number of hydrogen-bond acceptors (Lipinski definition) is 9. The number of carbonyl (C=O) groups is 1. The molecule has 236 valence electrons. The van der Waals surface area contributed by atoms with E-state index in [2.05, 4.69) is 4.99 Å². The van der Waals surface area contributed by atoms with Gasteiger partial charge in [0.05, 0.1) is 49.8 Å². The highest BCUT2D eigenvalue weighted by atomic mass is 32.1. The number of hydrogen-bond donors (Lipinski definition) is 1. The lowest BCUT2D eigenvalue weighted by atomic mass is 9.78. The summed E-state index contributed by atoms with van der Waals surface area (Å²) in [6, 6.07) is 6.44. The summed E-state index contributed by atoms with van der Waals surface area (Å²) in [5.74, 6) is 0.859. The van der Waals surface area contributed by atoms with Crippen molar-refractivity contribution >= 4 is 23.4 Å². The van der Waals surface area contributed by atoms with Crippen molar-refractivity contribution in [2.45, 2.75) is 72.3 Å². The van der Waals surface area contributed by atoms with Gasteiger partial charge in [-0.1, -0.05) is 52.9 Å². The zero-order valence-electron chi connectivity index (χ0n) is 27.4. The van der Waals surface area contributed by atoms with Gasteiger partial charge < -0.3 is 24.1 Å². The van der Waals surface area contributed by atoms with Crippen LogP contribution in [0.15, 0.2) is 45.3 Å².